The summed E-state index contributed by atoms with van der Waals surface area (Å²) in [6.45, 7) is 4.25. The Morgan fingerprint density at radius 3 is 2.14 bits per heavy atom. The molecule has 1 rings (SSSR count). The van der Waals surface area contributed by atoms with Gasteiger partial charge in [-0.2, -0.15) is 5.26 Å². The van der Waals surface area contributed by atoms with Crippen LogP contribution in [-0.2, 0) is 0 Å². The third-order valence-electron chi connectivity index (χ3n) is 1.67. The molecule has 1 heteroatoms. The van der Waals surface area contributed by atoms with Crippen molar-refractivity contribution in [3.8, 4) is 6.07 Å². The van der Waals surface area contributed by atoms with E-state index >= 15 is 0 Å². The van der Waals surface area contributed by atoms with Crippen LogP contribution in [0.25, 0.3) is 0 Å². The quantitative estimate of drug-likeness (QED) is 0.448. The van der Waals surface area contributed by atoms with Crippen LogP contribution in [0, 0.1) is 22.7 Å². The minimum Gasteiger partial charge on any atom is -0.198 e. The minimum atomic E-state index is 0.354. The fourth-order valence-electron chi connectivity index (χ4n) is 0.688. The summed E-state index contributed by atoms with van der Waals surface area (Å²) >= 11 is 0. The molecule has 7 heavy (non-hydrogen) atoms. The fourth-order valence-corrected chi connectivity index (χ4v) is 0.688. The molecule has 0 bridgehead atoms. The molecule has 0 aromatic rings. The van der Waals surface area contributed by atoms with E-state index in [9.17, 15) is 0 Å². The summed E-state index contributed by atoms with van der Waals surface area (Å²) in [6.07, 6.45) is 1.10. The van der Waals surface area contributed by atoms with E-state index in [0.717, 1.165) is 6.42 Å². The highest BCUT2D eigenvalue weighted by Crippen LogP contribution is 2.50. The second kappa shape index (κ2) is 1.01. The van der Waals surface area contributed by atoms with Gasteiger partial charge in [0.1, 0.15) is 0 Å². The Hall–Kier alpha value is -0.510. The van der Waals surface area contributed by atoms with E-state index < -0.39 is 0 Å². The average molecular weight is 95.1 g/mol. The van der Waals surface area contributed by atoms with E-state index in [1.807, 2.05) is 0 Å². The van der Waals surface area contributed by atoms with Crippen LogP contribution in [0.5, 0.6) is 0 Å². The molecular formula is C6H9N. The first-order chi connectivity index (χ1) is 3.17. The second-order valence-electron chi connectivity index (χ2n) is 2.87. The van der Waals surface area contributed by atoms with Gasteiger partial charge in [-0.1, -0.05) is 13.8 Å². The van der Waals surface area contributed by atoms with Crippen molar-refractivity contribution in [3.05, 3.63) is 0 Å². The summed E-state index contributed by atoms with van der Waals surface area (Å²) in [4.78, 5) is 0. The summed E-state index contributed by atoms with van der Waals surface area (Å²) in [5.41, 5.74) is 0.356. The fraction of sp³-hybridized carbons (Fsp3) is 0.833. The van der Waals surface area contributed by atoms with E-state index in [4.69, 9.17) is 5.26 Å². The Morgan fingerprint density at radius 2 is 2.14 bits per heavy atom. The van der Waals surface area contributed by atoms with E-state index in [0.29, 0.717) is 11.3 Å². The normalized spacial score (nSPS) is 34.1. The van der Waals surface area contributed by atoms with Crippen molar-refractivity contribution in [2.24, 2.45) is 11.3 Å². The van der Waals surface area contributed by atoms with Crippen LogP contribution in [0.1, 0.15) is 20.3 Å². The number of nitrogens with zero attached hydrogens (tertiary/aromatic N) is 1. The Labute approximate surface area is 44.0 Å². The van der Waals surface area contributed by atoms with Gasteiger partial charge in [0.05, 0.1) is 12.0 Å². The first-order valence-corrected chi connectivity index (χ1v) is 2.56. The molecule has 0 radical (unpaired) electrons. The molecule has 0 aromatic heterocycles. The molecule has 0 saturated heterocycles. The van der Waals surface area contributed by atoms with Crippen molar-refractivity contribution in [1.82, 2.24) is 0 Å². The molecule has 1 aliphatic carbocycles. The zero-order valence-corrected chi connectivity index (χ0v) is 4.73. The first-order valence-electron chi connectivity index (χ1n) is 2.56. The first kappa shape index (κ1) is 4.64. The molecule has 0 heterocycles. The van der Waals surface area contributed by atoms with Crippen LogP contribution >= 0.6 is 0 Å². The molecule has 1 atom stereocenters. The molecule has 0 aromatic carbocycles. The monoisotopic (exact) mass is 95.1 g/mol. The highest BCUT2D eigenvalue weighted by molar-refractivity contribution is 5.07. The van der Waals surface area contributed by atoms with E-state index in [2.05, 4.69) is 19.9 Å². The zero-order valence-electron chi connectivity index (χ0n) is 4.73. The van der Waals surface area contributed by atoms with Crippen molar-refractivity contribution in [3.63, 3.8) is 0 Å². The second-order valence-corrected chi connectivity index (χ2v) is 2.87. The van der Waals surface area contributed by atoms with Crippen molar-refractivity contribution in [2.45, 2.75) is 20.3 Å². The van der Waals surface area contributed by atoms with Crippen molar-refractivity contribution < 1.29 is 0 Å². The summed E-state index contributed by atoms with van der Waals surface area (Å²) in [5.74, 6) is 0.354. The van der Waals surface area contributed by atoms with Crippen LogP contribution in [0.3, 0.4) is 0 Å². The van der Waals surface area contributed by atoms with Gasteiger partial charge in [0.2, 0.25) is 0 Å². The van der Waals surface area contributed by atoms with E-state index in [1.54, 1.807) is 0 Å². The molecule has 0 amide bonds. The number of hydrogen-bond donors (Lipinski definition) is 0. The maximum Gasteiger partial charge on any atom is 0.0661 e. The molecule has 1 fully saturated rings. The minimum absolute atomic E-state index is 0.354. The Kier molecular flexibility index (Phi) is 0.667. The largest absolute Gasteiger partial charge is 0.198 e. The maximum absolute atomic E-state index is 8.29. The van der Waals surface area contributed by atoms with E-state index in [-0.39, 0.29) is 0 Å². The molecule has 0 aliphatic heterocycles. The third-order valence-corrected chi connectivity index (χ3v) is 1.67. The lowest BCUT2D eigenvalue weighted by atomic mass is 10.1. The Morgan fingerprint density at radius 1 is 1.71 bits per heavy atom. The van der Waals surface area contributed by atoms with Crippen LogP contribution < -0.4 is 0 Å². The molecule has 0 spiro atoms. The highest BCUT2D eigenvalue weighted by Gasteiger charge is 2.45. The molecule has 0 unspecified atom stereocenters. The van der Waals surface area contributed by atoms with Crippen molar-refractivity contribution in [2.75, 3.05) is 0 Å². The predicted molar refractivity (Wildman–Crippen MR) is 27.5 cm³/mol. The van der Waals surface area contributed by atoms with Gasteiger partial charge >= 0.3 is 0 Å². The number of hydrogen-bond acceptors (Lipinski definition) is 1. The predicted octanol–water partition coefficient (Wildman–Crippen LogP) is 1.56. The van der Waals surface area contributed by atoms with Crippen LogP contribution in [-0.4, -0.2) is 0 Å². The average Bonchev–Trinajstić information content (AvgIpc) is 2.13. The lowest BCUT2D eigenvalue weighted by molar-refractivity contribution is 0.614. The molecule has 1 aliphatic rings. The van der Waals surface area contributed by atoms with Gasteiger partial charge in [0.15, 0.2) is 0 Å². The van der Waals surface area contributed by atoms with Crippen LogP contribution in [0.4, 0.5) is 0 Å². The van der Waals surface area contributed by atoms with Gasteiger partial charge in [0, 0.05) is 0 Å². The van der Waals surface area contributed by atoms with Crippen molar-refractivity contribution in [1.29, 1.82) is 5.26 Å². The topological polar surface area (TPSA) is 23.8 Å². The van der Waals surface area contributed by atoms with Gasteiger partial charge in [0.25, 0.3) is 0 Å². The van der Waals surface area contributed by atoms with Gasteiger partial charge in [-0.3, -0.25) is 0 Å². The third kappa shape index (κ3) is 0.608. The molecular weight excluding hydrogens is 86.1 g/mol. The Balaban J connectivity index is 2.49. The number of nitriles is 1. The highest BCUT2D eigenvalue weighted by atomic mass is 14.5. The standard InChI is InChI=1S/C6H9N/c1-6(2)3-5(6)4-7/h5H,3H2,1-2H3/t5-/m1/s1. The molecule has 1 nitrogen and oxygen atoms in total. The summed E-state index contributed by atoms with van der Waals surface area (Å²) in [7, 11) is 0. The number of rotatable bonds is 0. The van der Waals surface area contributed by atoms with Crippen molar-refractivity contribution >= 4 is 0 Å². The molecule has 1 saturated carbocycles. The molecule has 38 valence electrons. The van der Waals surface area contributed by atoms with Gasteiger partial charge in [-0.15, -0.1) is 0 Å². The SMILES string of the molecule is CC1(C)C[C@@H]1C#N. The zero-order chi connectivity index (χ0) is 5.49. The van der Waals surface area contributed by atoms with Gasteiger partial charge in [-0.05, 0) is 11.8 Å². The lowest BCUT2D eigenvalue weighted by Gasteiger charge is -1.90. The summed E-state index contributed by atoms with van der Waals surface area (Å²) < 4.78 is 0. The maximum atomic E-state index is 8.29. The summed E-state index contributed by atoms with van der Waals surface area (Å²) in [6, 6.07) is 2.23. The van der Waals surface area contributed by atoms with Crippen LogP contribution in [0.2, 0.25) is 0 Å². The van der Waals surface area contributed by atoms with Crippen LogP contribution in [0.15, 0.2) is 0 Å². The Bertz CT molecular complexity index is 119. The van der Waals surface area contributed by atoms with Gasteiger partial charge in [-0.25, -0.2) is 0 Å². The molecule has 0 N–H and O–H groups in total. The lowest BCUT2D eigenvalue weighted by Crippen LogP contribution is -1.84. The smallest absolute Gasteiger partial charge is 0.0661 e. The summed E-state index contributed by atoms with van der Waals surface area (Å²) in [5, 5.41) is 8.29. The van der Waals surface area contributed by atoms with E-state index in [1.165, 1.54) is 0 Å². The van der Waals surface area contributed by atoms with Gasteiger partial charge < -0.3 is 0 Å².